The Morgan fingerprint density at radius 2 is 1.97 bits per heavy atom. The molecule has 0 aliphatic heterocycles. The first-order valence-electron chi connectivity index (χ1n) is 13.0. The number of para-hydroxylation sites is 1. The van der Waals surface area contributed by atoms with Gasteiger partial charge in [-0.2, -0.15) is 5.26 Å². The van der Waals surface area contributed by atoms with E-state index in [4.69, 9.17) is 4.84 Å². The molecule has 5 rings (SSSR count). The van der Waals surface area contributed by atoms with E-state index in [1.54, 1.807) is 17.7 Å². The number of carboxylic acid groups (broad SMARTS) is 1. The average Bonchev–Trinajstić information content (AvgIpc) is 3.14. The minimum absolute atomic E-state index is 0.0923. The molecule has 7 heteroatoms. The summed E-state index contributed by atoms with van der Waals surface area (Å²) in [6.07, 6.45) is 9.27. The fourth-order valence-electron chi connectivity index (χ4n) is 7.69. The van der Waals surface area contributed by atoms with Gasteiger partial charge >= 0.3 is 12.1 Å². The van der Waals surface area contributed by atoms with Gasteiger partial charge in [-0.3, -0.25) is 14.9 Å². The zero-order valence-electron chi connectivity index (χ0n) is 20.8. The number of carbonyl (C=O) groups is 2. The number of hydrogen-bond acceptors (Lipinski definition) is 5. The minimum Gasteiger partial charge on any atom is -0.481 e. The number of carbonyl (C=O) groups excluding carboxylic acids is 1. The topological polar surface area (TPSA) is 112 Å². The Kier molecular flexibility index (Phi) is 6.46. The quantitative estimate of drug-likeness (QED) is 0.359. The Morgan fingerprint density at radius 1 is 1.17 bits per heavy atom. The van der Waals surface area contributed by atoms with E-state index < -0.39 is 17.5 Å². The summed E-state index contributed by atoms with van der Waals surface area (Å²) >= 11 is 0. The van der Waals surface area contributed by atoms with Crippen LogP contribution in [0.15, 0.2) is 58.3 Å². The van der Waals surface area contributed by atoms with Crippen molar-refractivity contribution in [1.29, 1.82) is 5.26 Å². The van der Waals surface area contributed by atoms with Crippen LogP contribution in [-0.4, -0.2) is 22.9 Å². The number of rotatable bonds is 5. The molecule has 4 aliphatic rings. The fraction of sp³-hybridized carbons (Fsp3) is 0.517. The van der Waals surface area contributed by atoms with Gasteiger partial charge in [0.25, 0.3) is 0 Å². The van der Waals surface area contributed by atoms with Crippen molar-refractivity contribution in [3.63, 3.8) is 0 Å². The lowest BCUT2D eigenvalue weighted by atomic mass is 9.51. The molecule has 0 spiro atoms. The molecule has 0 aromatic heterocycles. The van der Waals surface area contributed by atoms with Gasteiger partial charge in [0.2, 0.25) is 0 Å². The third-order valence-corrected chi connectivity index (χ3v) is 9.46. The third-order valence-electron chi connectivity index (χ3n) is 9.46. The van der Waals surface area contributed by atoms with Crippen LogP contribution in [0.25, 0.3) is 0 Å². The number of nitriles is 1. The Hall–Kier alpha value is -3.40. The van der Waals surface area contributed by atoms with Crippen molar-refractivity contribution in [2.75, 3.05) is 5.32 Å². The lowest BCUT2D eigenvalue weighted by molar-refractivity contribution is -0.143. The highest BCUT2D eigenvalue weighted by Crippen LogP contribution is 2.68. The zero-order chi connectivity index (χ0) is 25.3. The van der Waals surface area contributed by atoms with Crippen molar-refractivity contribution in [1.82, 2.24) is 0 Å². The third kappa shape index (κ3) is 4.23. The van der Waals surface area contributed by atoms with Gasteiger partial charge in [0, 0.05) is 12.1 Å². The minimum atomic E-state index is -0.788. The van der Waals surface area contributed by atoms with E-state index in [-0.39, 0.29) is 11.8 Å². The molecule has 1 amide bonds. The van der Waals surface area contributed by atoms with Gasteiger partial charge in [0.15, 0.2) is 0 Å². The van der Waals surface area contributed by atoms with E-state index in [1.807, 2.05) is 18.2 Å². The van der Waals surface area contributed by atoms with E-state index in [9.17, 15) is 20.0 Å². The van der Waals surface area contributed by atoms with Crippen LogP contribution >= 0.6 is 0 Å². The van der Waals surface area contributed by atoms with Crippen molar-refractivity contribution in [2.24, 2.45) is 27.8 Å². The van der Waals surface area contributed by atoms with Crippen molar-refractivity contribution >= 4 is 23.5 Å². The van der Waals surface area contributed by atoms with Crippen LogP contribution in [-0.2, 0) is 9.63 Å². The van der Waals surface area contributed by atoms with Crippen LogP contribution in [0.5, 0.6) is 0 Å². The summed E-state index contributed by atoms with van der Waals surface area (Å²) in [4.78, 5) is 29.0. The van der Waals surface area contributed by atoms with Gasteiger partial charge < -0.3 is 5.11 Å². The van der Waals surface area contributed by atoms with Crippen molar-refractivity contribution in [3.05, 3.63) is 53.1 Å². The van der Waals surface area contributed by atoms with Crippen LogP contribution in [0.2, 0.25) is 0 Å². The molecule has 36 heavy (non-hydrogen) atoms. The summed E-state index contributed by atoms with van der Waals surface area (Å²) in [7, 11) is 0. The molecular weight excluding hydrogens is 454 g/mol. The molecule has 0 heterocycles. The van der Waals surface area contributed by atoms with Crippen molar-refractivity contribution in [3.8, 4) is 6.07 Å². The molecule has 0 radical (unpaired) electrons. The van der Waals surface area contributed by atoms with Crippen LogP contribution in [0.4, 0.5) is 10.5 Å². The second-order valence-electron chi connectivity index (χ2n) is 11.0. The molecule has 0 bridgehead atoms. The smallest absolute Gasteiger partial charge is 0.437 e. The van der Waals surface area contributed by atoms with Crippen LogP contribution < -0.4 is 5.32 Å². The number of allylic oxidation sites excluding steroid dienone is 4. The van der Waals surface area contributed by atoms with Gasteiger partial charge in [0.05, 0.1) is 18.2 Å². The zero-order valence-corrected chi connectivity index (χ0v) is 20.8. The number of nitrogens with zero attached hydrogens (tertiary/aromatic N) is 2. The largest absolute Gasteiger partial charge is 0.481 e. The van der Waals surface area contributed by atoms with Gasteiger partial charge in [-0.25, -0.2) is 4.79 Å². The standard InChI is InChI=1S/C29H33N3O4/c1-28-13-11-23-22-10-8-21(32-36-27(35)31-20-5-3-2-4-6-20)17-19(22)7-9-24(23)25(28)12-14-29(28,15-16-30)18-26(33)34/h2-6,17,24-25H,7-15,18H2,1H3,(H,31,35)(H,33,34)/b32-21-/t24-,25+,28+,29+/m1/s1. The number of nitrogens with one attached hydrogen (secondary N) is 1. The van der Waals surface area contributed by atoms with E-state index in [1.165, 1.54) is 11.1 Å². The number of aliphatic carboxylic acids is 1. The maximum absolute atomic E-state index is 12.1. The van der Waals surface area contributed by atoms with Gasteiger partial charge in [-0.1, -0.05) is 35.9 Å². The molecule has 2 N–H and O–H groups in total. The van der Waals surface area contributed by atoms with Gasteiger partial charge in [-0.05, 0) is 103 Å². The van der Waals surface area contributed by atoms with E-state index in [0.29, 0.717) is 23.9 Å². The molecule has 0 unspecified atom stereocenters. The maximum atomic E-state index is 12.1. The van der Waals surface area contributed by atoms with Crippen molar-refractivity contribution in [2.45, 2.75) is 71.1 Å². The number of oxime groups is 1. The van der Waals surface area contributed by atoms with E-state index in [2.05, 4.69) is 29.5 Å². The monoisotopic (exact) mass is 487 g/mol. The van der Waals surface area contributed by atoms with E-state index >= 15 is 0 Å². The second kappa shape index (κ2) is 9.57. The molecule has 2 fully saturated rings. The number of benzene rings is 1. The summed E-state index contributed by atoms with van der Waals surface area (Å²) in [6.45, 7) is 2.27. The summed E-state index contributed by atoms with van der Waals surface area (Å²) < 4.78 is 0. The molecule has 4 aliphatic carbocycles. The molecule has 7 nitrogen and oxygen atoms in total. The first-order chi connectivity index (χ1) is 17.3. The highest BCUT2D eigenvalue weighted by atomic mass is 16.7. The first kappa shape index (κ1) is 24.3. The number of fused-ring (bicyclic) bond motifs is 4. The first-order valence-corrected chi connectivity index (χ1v) is 13.0. The summed E-state index contributed by atoms with van der Waals surface area (Å²) in [5, 5.41) is 26.0. The highest BCUT2D eigenvalue weighted by molar-refractivity contribution is 5.98. The molecule has 0 saturated heterocycles. The highest BCUT2D eigenvalue weighted by Gasteiger charge is 2.61. The summed E-state index contributed by atoms with van der Waals surface area (Å²) in [6, 6.07) is 11.5. The molecular formula is C29H33N3O4. The average molecular weight is 488 g/mol. The molecule has 4 atom stereocenters. The summed E-state index contributed by atoms with van der Waals surface area (Å²) in [5.74, 6) is 0.114. The summed E-state index contributed by atoms with van der Waals surface area (Å²) in [5.41, 5.74) is 5.19. The van der Waals surface area contributed by atoms with Crippen LogP contribution in [0.1, 0.15) is 71.1 Å². The van der Waals surface area contributed by atoms with Gasteiger partial charge in [-0.15, -0.1) is 0 Å². The molecule has 2 saturated carbocycles. The Balaban J connectivity index is 1.32. The molecule has 1 aromatic carbocycles. The number of anilines is 1. The van der Waals surface area contributed by atoms with Crippen molar-refractivity contribution < 1.29 is 19.5 Å². The van der Waals surface area contributed by atoms with Gasteiger partial charge in [0.1, 0.15) is 0 Å². The lowest BCUT2D eigenvalue weighted by Crippen LogP contribution is -2.46. The molecule has 1 aromatic rings. The lowest BCUT2D eigenvalue weighted by Gasteiger charge is -2.53. The Morgan fingerprint density at radius 3 is 2.72 bits per heavy atom. The van der Waals surface area contributed by atoms with Crippen LogP contribution in [0.3, 0.4) is 0 Å². The Labute approximate surface area is 211 Å². The SMILES string of the molecule is C[C@]12CCC3=C4CC/C(=N/OC(=O)Nc5ccccc5)C=C4CC[C@H]3[C@@H]1CC[C@]2(CC#N)CC(=O)O. The Bertz CT molecular complexity index is 1190. The van der Waals surface area contributed by atoms with E-state index in [0.717, 1.165) is 57.1 Å². The predicted octanol–water partition coefficient (Wildman–Crippen LogP) is 6.60. The fourth-order valence-corrected chi connectivity index (χ4v) is 7.69. The number of hydrogen-bond donors (Lipinski definition) is 2. The predicted molar refractivity (Wildman–Crippen MR) is 136 cm³/mol. The molecule has 188 valence electrons. The van der Waals surface area contributed by atoms with Crippen LogP contribution in [0, 0.1) is 34.0 Å². The second-order valence-corrected chi connectivity index (χ2v) is 11.0. The number of carboxylic acids is 1. The normalized spacial score (nSPS) is 32.0. The maximum Gasteiger partial charge on any atom is 0.437 e. The number of amides is 1.